The van der Waals surface area contributed by atoms with E-state index >= 15 is 0 Å². The molecule has 2 aromatic carbocycles. The van der Waals surface area contributed by atoms with Crippen LogP contribution in [-0.2, 0) is 16.8 Å². The third kappa shape index (κ3) is 4.31. The first-order valence-corrected chi connectivity index (χ1v) is 11.9. The molecular weight excluding hydrogens is 418 g/mol. The Morgan fingerprint density at radius 3 is 2.31 bits per heavy atom. The molecule has 0 aliphatic rings. The highest BCUT2D eigenvalue weighted by Crippen LogP contribution is 2.42. The van der Waals surface area contributed by atoms with E-state index in [-0.39, 0.29) is 6.04 Å². The van der Waals surface area contributed by atoms with E-state index in [4.69, 9.17) is 4.52 Å². The fourth-order valence-electron chi connectivity index (χ4n) is 3.82. The largest absolute Gasteiger partial charge is 0.598 e. The number of benzene rings is 2. The van der Waals surface area contributed by atoms with E-state index in [1.165, 1.54) is 0 Å². The maximum Gasteiger partial charge on any atom is 0.167 e. The highest BCUT2D eigenvalue weighted by atomic mass is 32.2. The molecular formula is C26H29N3O2S. The van der Waals surface area contributed by atoms with Crippen LogP contribution in [0.3, 0.4) is 0 Å². The van der Waals surface area contributed by atoms with Crippen molar-refractivity contribution in [1.82, 2.24) is 14.9 Å². The Balaban J connectivity index is 1.89. The molecule has 4 aromatic rings. The van der Waals surface area contributed by atoms with Gasteiger partial charge in [0.15, 0.2) is 5.58 Å². The van der Waals surface area contributed by atoms with E-state index in [1.807, 2.05) is 81.4 Å². The molecule has 0 aliphatic heterocycles. The van der Waals surface area contributed by atoms with E-state index < -0.39 is 21.5 Å². The van der Waals surface area contributed by atoms with Gasteiger partial charge < -0.3 is 9.08 Å². The van der Waals surface area contributed by atoms with Gasteiger partial charge in [0.2, 0.25) is 0 Å². The van der Waals surface area contributed by atoms with Crippen molar-refractivity contribution in [2.75, 3.05) is 0 Å². The van der Waals surface area contributed by atoms with E-state index in [9.17, 15) is 4.55 Å². The van der Waals surface area contributed by atoms with E-state index in [0.29, 0.717) is 0 Å². The summed E-state index contributed by atoms with van der Waals surface area (Å²) in [7, 11) is 0. The minimum absolute atomic E-state index is 0.288. The van der Waals surface area contributed by atoms with Crippen LogP contribution in [0.15, 0.2) is 77.4 Å². The Morgan fingerprint density at radius 1 is 0.906 bits per heavy atom. The average Bonchev–Trinajstić information content (AvgIpc) is 3.21. The third-order valence-electron chi connectivity index (χ3n) is 5.73. The summed E-state index contributed by atoms with van der Waals surface area (Å²) in [6, 6.07) is 21.6. The highest BCUT2D eigenvalue weighted by molar-refractivity contribution is 7.90. The fraction of sp³-hybridized carbons (Fsp3) is 0.308. The van der Waals surface area contributed by atoms with Crippen molar-refractivity contribution in [3.05, 3.63) is 84.2 Å². The number of nitrogens with zero attached hydrogens (tertiary/aromatic N) is 2. The smallest absolute Gasteiger partial charge is 0.167 e. The van der Waals surface area contributed by atoms with Crippen LogP contribution in [0.2, 0.25) is 0 Å². The predicted octanol–water partition coefficient (Wildman–Crippen LogP) is 5.96. The number of nitrogens with one attached hydrogen (secondary N) is 1. The van der Waals surface area contributed by atoms with Gasteiger partial charge in [-0.05, 0) is 50.6 Å². The zero-order valence-electron chi connectivity index (χ0n) is 19.1. The summed E-state index contributed by atoms with van der Waals surface area (Å²) in [5.41, 5.74) is 3.93. The van der Waals surface area contributed by atoms with Crippen molar-refractivity contribution in [1.29, 1.82) is 0 Å². The molecule has 1 N–H and O–H groups in total. The zero-order valence-corrected chi connectivity index (χ0v) is 19.9. The molecule has 0 unspecified atom stereocenters. The quantitative estimate of drug-likeness (QED) is 0.369. The van der Waals surface area contributed by atoms with Crippen LogP contribution in [0.25, 0.3) is 22.2 Å². The average molecular weight is 448 g/mol. The fourth-order valence-corrected chi connectivity index (χ4v) is 4.81. The first-order chi connectivity index (χ1) is 15.2. The van der Waals surface area contributed by atoms with Gasteiger partial charge in [-0.3, -0.25) is 4.98 Å². The molecule has 6 heteroatoms. The maximum absolute atomic E-state index is 13.3. The molecule has 32 heavy (non-hydrogen) atoms. The summed E-state index contributed by atoms with van der Waals surface area (Å²) in [5.74, 6) is 0. The number of hydrogen-bond acceptors (Lipinski definition) is 5. The molecule has 166 valence electrons. The van der Waals surface area contributed by atoms with Gasteiger partial charge in [-0.25, -0.2) is 0 Å². The SMILES string of the molecule is CC(C)(c1ccccn1)[C@H](N[S@@+]([O-])C(C)(C)C)c1ccccc1-c1noc2ccccc12. The van der Waals surface area contributed by atoms with Crippen LogP contribution in [-0.4, -0.2) is 19.4 Å². The van der Waals surface area contributed by atoms with Crippen LogP contribution in [0.5, 0.6) is 0 Å². The molecule has 4 rings (SSSR count). The number of pyridine rings is 1. The van der Waals surface area contributed by atoms with Gasteiger partial charge in [0.1, 0.15) is 10.4 Å². The van der Waals surface area contributed by atoms with Gasteiger partial charge in [-0.1, -0.05) is 61.5 Å². The predicted molar refractivity (Wildman–Crippen MR) is 130 cm³/mol. The van der Waals surface area contributed by atoms with Crippen LogP contribution in [0, 0.1) is 0 Å². The number of aromatic nitrogens is 2. The molecule has 0 fully saturated rings. The second kappa shape index (κ2) is 8.70. The molecule has 0 saturated carbocycles. The number of para-hydroxylation sites is 1. The van der Waals surface area contributed by atoms with Crippen LogP contribution >= 0.6 is 0 Å². The van der Waals surface area contributed by atoms with Gasteiger partial charge in [0.25, 0.3) is 0 Å². The van der Waals surface area contributed by atoms with Gasteiger partial charge in [-0.15, -0.1) is 4.72 Å². The Labute approximate surface area is 192 Å². The number of fused-ring (bicyclic) bond motifs is 1. The standard InChI is InChI=1S/C26H29N3O2S/c1-25(2,3)32(30)29-24(26(4,5)22-16-10-11-17-27-22)19-13-7-6-12-18(19)23-20-14-8-9-15-21(20)31-28-23/h6-17,24,29H,1-5H3/t24-,32+/m1/s1. The monoisotopic (exact) mass is 447 g/mol. The first-order valence-electron chi connectivity index (χ1n) is 10.7. The lowest BCUT2D eigenvalue weighted by Crippen LogP contribution is -2.47. The Kier molecular flexibility index (Phi) is 6.12. The Morgan fingerprint density at radius 2 is 1.59 bits per heavy atom. The van der Waals surface area contributed by atoms with Gasteiger partial charge in [-0.2, -0.15) is 0 Å². The molecule has 0 bridgehead atoms. The van der Waals surface area contributed by atoms with Crippen molar-refractivity contribution in [2.45, 2.75) is 50.8 Å². The summed E-state index contributed by atoms with van der Waals surface area (Å²) in [4.78, 5) is 4.64. The van der Waals surface area contributed by atoms with E-state index in [2.05, 4.69) is 34.8 Å². The van der Waals surface area contributed by atoms with Crippen LogP contribution < -0.4 is 4.72 Å². The van der Waals surface area contributed by atoms with E-state index in [1.54, 1.807) is 6.20 Å². The minimum atomic E-state index is -1.29. The summed E-state index contributed by atoms with van der Waals surface area (Å²) >= 11 is -1.29. The topological polar surface area (TPSA) is 74.0 Å². The molecule has 0 amide bonds. The summed E-state index contributed by atoms with van der Waals surface area (Å²) in [6.45, 7) is 10.2. The van der Waals surface area contributed by atoms with Crippen molar-refractivity contribution in [2.24, 2.45) is 0 Å². The Bertz CT molecular complexity index is 1200. The normalized spacial score (nSPS) is 14.4. The molecule has 0 spiro atoms. The molecule has 5 nitrogen and oxygen atoms in total. The maximum atomic E-state index is 13.3. The molecule has 0 aliphatic carbocycles. The molecule has 0 radical (unpaired) electrons. The van der Waals surface area contributed by atoms with Crippen molar-refractivity contribution in [3.8, 4) is 11.3 Å². The summed E-state index contributed by atoms with van der Waals surface area (Å²) in [5, 5.41) is 5.35. The number of rotatable bonds is 6. The summed E-state index contributed by atoms with van der Waals surface area (Å²) in [6.07, 6.45) is 1.80. The lowest BCUT2D eigenvalue weighted by Gasteiger charge is -2.37. The van der Waals surface area contributed by atoms with Gasteiger partial charge in [0, 0.05) is 39.6 Å². The van der Waals surface area contributed by atoms with Crippen LogP contribution in [0.4, 0.5) is 0 Å². The van der Waals surface area contributed by atoms with Gasteiger partial charge >= 0.3 is 0 Å². The second-order valence-corrected chi connectivity index (χ2v) is 11.5. The highest BCUT2D eigenvalue weighted by Gasteiger charge is 2.41. The summed E-state index contributed by atoms with van der Waals surface area (Å²) < 4.78 is 21.9. The second-order valence-electron chi connectivity index (χ2n) is 9.48. The molecule has 2 heterocycles. The minimum Gasteiger partial charge on any atom is -0.598 e. The first kappa shape index (κ1) is 22.5. The van der Waals surface area contributed by atoms with Crippen molar-refractivity contribution >= 4 is 22.3 Å². The molecule has 2 aromatic heterocycles. The molecule has 2 atom stereocenters. The van der Waals surface area contributed by atoms with E-state index in [0.717, 1.165) is 33.5 Å². The Hall–Kier alpha value is -2.67. The third-order valence-corrected chi connectivity index (χ3v) is 7.29. The lowest BCUT2D eigenvalue weighted by atomic mass is 9.76. The number of hydrogen-bond donors (Lipinski definition) is 1. The van der Waals surface area contributed by atoms with Gasteiger partial charge in [0.05, 0.1) is 6.04 Å². The molecule has 0 saturated heterocycles. The van der Waals surface area contributed by atoms with Crippen LogP contribution in [0.1, 0.15) is 51.9 Å². The van der Waals surface area contributed by atoms with Crippen molar-refractivity contribution < 1.29 is 9.08 Å². The van der Waals surface area contributed by atoms with Crippen molar-refractivity contribution in [3.63, 3.8) is 0 Å². The zero-order chi connectivity index (χ0) is 22.9. The lowest BCUT2D eigenvalue weighted by molar-refractivity contribution is 0.376.